The lowest BCUT2D eigenvalue weighted by Gasteiger charge is -2.20. The van der Waals surface area contributed by atoms with E-state index in [2.05, 4.69) is 22.0 Å². The summed E-state index contributed by atoms with van der Waals surface area (Å²) in [4.78, 5) is 12.0. The number of benzene rings is 1. The minimum Gasteiger partial charge on any atom is -0.297 e. The molecule has 0 heterocycles. The number of hydrogen-bond donors (Lipinski definition) is 0. The van der Waals surface area contributed by atoms with Crippen molar-refractivity contribution in [1.82, 2.24) is 0 Å². The highest BCUT2D eigenvalue weighted by Crippen LogP contribution is 2.27. The summed E-state index contributed by atoms with van der Waals surface area (Å²) in [6.07, 6.45) is 0. The third-order valence-electron chi connectivity index (χ3n) is 2.33. The topological polar surface area (TPSA) is 40.9 Å². The van der Waals surface area contributed by atoms with Crippen molar-refractivity contribution in [3.63, 3.8) is 0 Å². The summed E-state index contributed by atoms with van der Waals surface area (Å²) >= 11 is 3.33. The highest BCUT2D eigenvalue weighted by atomic mass is 79.9. The number of carbonyl (C=O) groups is 1. The SMILES string of the molecule is CC(C)(C)C(=O)C(C#N)c1ccc(Br)cc1. The number of halogens is 1. The Morgan fingerprint density at radius 2 is 1.81 bits per heavy atom. The minimum absolute atomic E-state index is 0.0441. The van der Waals surface area contributed by atoms with Crippen LogP contribution in [-0.4, -0.2) is 5.78 Å². The van der Waals surface area contributed by atoms with E-state index < -0.39 is 11.3 Å². The van der Waals surface area contributed by atoms with Crippen molar-refractivity contribution >= 4 is 21.7 Å². The van der Waals surface area contributed by atoms with Gasteiger partial charge in [0.15, 0.2) is 5.78 Å². The van der Waals surface area contributed by atoms with Gasteiger partial charge in [0.25, 0.3) is 0 Å². The molecule has 3 heteroatoms. The van der Waals surface area contributed by atoms with Crippen molar-refractivity contribution < 1.29 is 4.79 Å². The summed E-state index contributed by atoms with van der Waals surface area (Å²) in [6.45, 7) is 5.50. The molecule has 0 bridgehead atoms. The third kappa shape index (κ3) is 2.93. The van der Waals surface area contributed by atoms with Crippen molar-refractivity contribution in [2.75, 3.05) is 0 Å². The first-order valence-corrected chi connectivity index (χ1v) is 5.85. The molecule has 0 aliphatic rings. The molecule has 0 aromatic heterocycles. The molecule has 0 N–H and O–H groups in total. The van der Waals surface area contributed by atoms with E-state index in [-0.39, 0.29) is 5.78 Å². The number of rotatable bonds is 2. The van der Waals surface area contributed by atoms with Gasteiger partial charge in [-0.15, -0.1) is 0 Å². The second kappa shape index (κ2) is 4.80. The zero-order valence-electron chi connectivity index (χ0n) is 9.62. The van der Waals surface area contributed by atoms with Gasteiger partial charge in [0.05, 0.1) is 6.07 Å². The lowest BCUT2D eigenvalue weighted by atomic mass is 9.80. The van der Waals surface area contributed by atoms with Crippen LogP contribution < -0.4 is 0 Å². The van der Waals surface area contributed by atoms with E-state index in [9.17, 15) is 4.79 Å². The van der Waals surface area contributed by atoms with Gasteiger partial charge in [-0.25, -0.2) is 0 Å². The molecular formula is C13H14BrNO. The molecule has 1 unspecified atom stereocenters. The largest absolute Gasteiger partial charge is 0.297 e. The molecule has 0 fully saturated rings. The molecule has 1 aromatic carbocycles. The lowest BCUT2D eigenvalue weighted by Crippen LogP contribution is -2.26. The average molecular weight is 280 g/mol. The summed E-state index contributed by atoms with van der Waals surface area (Å²) in [5.41, 5.74) is 0.263. The molecule has 2 nitrogen and oxygen atoms in total. The van der Waals surface area contributed by atoms with E-state index in [0.29, 0.717) is 0 Å². The maximum absolute atomic E-state index is 12.0. The molecule has 0 amide bonds. The highest BCUT2D eigenvalue weighted by Gasteiger charge is 2.30. The molecule has 1 rings (SSSR count). The van der Waals surface area contributed by atoms with Crippen molar-refractivity contribution in [3.05, 3.63) is 34.3 Å². The summed E-state index contributed by atoms with van der Waals surface area (Å²) < 4.78 is 0.941. The molecular weight excluding hydrogens is 266 g/mol. The molecule has 1 atom stereocenters. The van der Waals surface area contributed by atoms with Crippen LogP contribution in [-0.2, 0) is 4.79 Å². The van der Waals surface area contributed by atoms with Gasteiger partial charge in [-0.2, -0.15) is 5.26 Å². The van der Waals surface area contributed by atoms with E-state index >= 15 is 0 Å². The molecule has 84 valence electrons. The lowest BCUT2D eigenvalue weighted by molar-refractivity contribution is -0.126. The van der Waals surface area contributed by atoms with Gasteiger partial charge in [-0.3, -0.25) is 4.79 Å². The van der Waals surface area contributed by atoms with Crippen LogP contribution in [0.1, 0.15) is 32.3 Å². The van der Waals surface area contributed by atoms with Crippen LogP contribution in [0.5, 0.6) is 0 Å². The van der Waals surface area contributed by atoms with Gasteiger partial charge in [0, 0.05) is 9.89 Å². The number of nitrogens with zero attached hydrogens (tertiary/aromatic N) is 1. The van der Waals surface area contributed by atoms with Crippen molar-refractivity contribution in [2.45, 2.75) is 26.7 Å². The third-order valence-corrected chi connectivity index (χ3v) is 2.86. The van der Waals surface area contributed by atoms with E-state index in [4.69, 9.17) is 5.26 Å². The van der Waals surface area contributed by atoms with Crippen LogP contribution in [0.25, 0.3) is 0 Å². The van der Waals surface area contributed by atoms with Crippen LogP contribution in [0.4, 0.5) is 0 Å². The molecule has 0 saturated heterocycles. The Balaban J connectivity index is 3.06. The number of nitriles is 1. The van der Waals surface area contributed by atoms with Crippen LogP contribution in [0.15, 0.2) is 28.7 Å². The monoisotopic (exact) mass is 279 g/mol. The molecule has 0 radical (unpaired) electrons. The Morgan fingerprint density at radius 1 is 1.31 bits per heavy atom. The van der Waals surface area contributed by atoms with Gasteiger partial charge in [-0.05, 0) is 17.7 Å². The van der Waals surface area contributed by atoms with Gasteiger partial charge < -0.3 is 0 Å². The number of hydrogen-bond acceptors (Lipinski definition) is 2. The summed E-state index contributed by atoms with van der Waals surface area (Å²) in [6, 6.07) is 9.38. The van der Waals surface area contributed by atoms with E-state index in [0.717, 1.165) is 10.0 Å². The maximum Gasteiger partial charge on any atom is 0.159 e. The standard InChI is InChI=1S/C13H14BrNO/c1-13(2,3)12(16)11(8-15)9-4-6-10(14)7-5-9/h4-7,11H,1-3H3. The summed E-state index contributed by atoms with van der Waals surface area (Å²) in [5.74, 6) is -0.717. The predicted molar refractivity (Wildman–Crippen MR) is 67.0 cm³/mol. The Labute approximate surface area is 104 Å². The Morgan fingerprint density at radius 3 is 2.19 bits per heavy atom. The first-order valence-electron chi connectivity index (χ1n) is 5.05. The molecule has 0 aliphatic carbocycles. The normalized spacial score (nSPS) is 12.9. The van der Waals surface area contributed by atoms with Gasteiger partial charge in [-0.1, -0.05) is 48.8 Å². The number of ketones is 1. The number of Topliss-reactive ketones (excluding diaryl/α,β-unsaturated/α-hetero) is 1. The smallest absolute Gasteiger partial charge is 0.159 e. The van der Waals surface area contributed by atoms with Crippen molar-refractivity contribution in [3.8, 4) is 6.07 Å². The van der Waals surface area contributed by atoms with Crippen molar-refractivity contribution in [1.29, 1.82) is 5.26 Å². The first-order chi connectivity index (χ1) is 7.36. The maximum atomic E-state index is 12.0. The molecule has 1 aromatic rings. The molecule has 16 heavy (non-hydrogen) atoms. The Bertz CT molecular complexity index is 423. The average Bonchev–Trinajstić information content (AvgIpc) is 2.20. The van der Waals surface area contributed by atoms with Gasteiger partial charge >= 0.3 is 0 Å². The van der Waals surface area contributed by atoms with Gasteiger partial charge in [0.1, 0.15) is 5.92 Å². The van der Waals surface area contributed by atoms with Crippen LogP contribution in [0.2, 0.25) is 0 Å². The second-order valence-corrected chi connectivity index (χ2v) is 5.64. The van der Waals surface area contributed by atoms with Gasteiger partial charge in [0.2, 0.25) is 0 Å². The molecule has 0 aliphatic heterocycles. The molecule has 0 saturated carbocycles. The number of carbonyl (C=O) groups excluding carboxylic acids is 1. The fourth-order valence-corrected chi connectivity index (χ4v) is 1.64. The predicted octanol–water partition coefficient (Wildman–Crippen LogP) is 3.67. The second-order valence-electron chi connectivity index (χ2n) is 4.73. The quantitative estimate of drug-likeness (QED) is 0.829. The van der Waals surface area contributed by atoms with E-state index in [1.807, 2.05) is 45.0 Å². The van der Waals surface area contributed by atoms with Crippen LogP contribution in [0.3, 0.4) is 0 Å². The fraction of sp³-hybridized carbons (Fsp3) is 0.385. The van der Waals surface area contributed by atoms with Crippen LogP contribution >= 0.6 is 15.9 Å². The fourth-order valence-electron chi connectivity index (χ4n) is 1.37. The zero-order valence-corrected chi connectivity index (χ0v) is 11.2. The highest BCUT2D eigenvalue weighted by molar-refractivity contribution is 9.10. The Kier molecular flexibility index (Phi) is 3.88. The van der Waals surface area contributed by atoms with E-state index in [1.165, 1.54) is 0 Å². The van der Waals surface area contributed by atoms with E-state index in [1.54, 1.807) is 0 Å². The summed E-state index contributed by atoms with van der Waals surface area (Å²) in [5, 5.41) is 9.10. The minimum atomic E-state index is -0.673. The Hall–Kier alpha value is -1.14. The summed E-state index contributed by atoms with van der Waals surface area (Å²) in [7, 11) is 0. The molecule has 0 spiro atoms. The van der Waals surface area contributed by atoms with Crippen molar-refractivity contribution in [2.24, 2.45) is 5.41 Å². The van der Waals surface area contributed by atoms with Crippen LogP contribution in [0, 0.1) is 16.7 Å². The zero-order chi connectivity index (χ0) is 12.3. The first kappa shape index (κ1) is 12.9.